The smallest absolute Gasteiger partial charge is 0.261 e. The normalized spacial score (nSPS) is 14.0. The molecule has 1 aromatic heterocycles. The molecule has 1 aromatic carbocycles. The van der Waals surface area contributed by atoms with Gasteiger partial charge in [0.25, 0.3) is 17.7 Å². The molecule has 1 unspecified atom stereocenters. The number of furan rings is 1. The van der Waals surface area contributed by atoms with Crippen LogP contribution in [0.1, 0.15) is 57.1 Å². The first-order chi connectivity index (χ1) is 13.4. The number of fused-ring (bicyclic) bond motifs is 1. The van der Waals surface area contributed by atoms with Gasteiger partial charge in [-0.25, -0.2) is 0 Å². The average molecular weight is 383 g/mol. The fourth-order valence-corrected chi connectivity index (χ4v) is 2.88. The third-order valence-corrected chi connectivity index (χ3v) is 4.42. The molecule has 4 amide bonds. The molecular weight excluding hydrogens is 362 g/mol. The van der Waals surface area contributed by atoms with Crippen molar-refractivity contribution in [1.82, 2.24) is 15.5 Å². The van der Waals surface area contributed by atoms with E-state index >= 15 is 0 Å². The summed E-state index contributed by atoms with van der Waals surface area (Å²) in [6.45, 7) is 4.06. The van der Waals surface area contributed by atoms with Gasteiger partial charge in [-0.1, -0.05) is 6.92 Å². The maximum absolute atomic E-state index is 12.6. The van der Waals surface area contributed by atoms with Gasteiger partial charge < -0.3 is 15.1 Å². The van der Waals surface area contributed by atoms with Gasteiger partial charge in [-0.3, -0.25) is 24.1 Å². The summed E-state index contributed by atoms with van der Waals surface area (Å²) >= 11 is 0. The lowest BCUT2D eigenvalue weighted by Gasteiger charge is -2.14. The lowest BCUT2D eigenvalue weighted by atomic mass is 10.0. The Hall–Kier alpha value is -3.42. The Morgan fingerprint density at radius 1 is 1.14 bits per heavy atom. The van der Waals surface area contributed by atoms with Gasteiger partial charge in [0.05, 0.1) is 23.9 Å². The summed E-state index contributed by atoms with van der Waals surface area (Å²) in [5, 5.41) is 5.30. The predicted octanol–water partition coefficient (Wildman–Crippen LogP) is 1.72. The van der Waals surface area contributed by atoms with Crippen molar-refractivity contribution in [3.05, 3.63) is 59.0 Å². The standard InChI is InChI=1S/C20H21N3O5/c1-3-8-21-17(24)12(2)22-18(25)13-6-7-15-16(10-13)20(27)23(19(15)26)11-14-5-4-9-28-14/h4-7,9-10,12H,3,8,11H2,1-2H3,(H,21,24)(H,22,25). The van der Waals surface area contributed by atoms with E-state index in [0.717, 1.165) is 11.3 Å². The number of hydrogen-bond acceptors (Lipinski definition) is 5. The second kappa shape index (κ2) is 8.08. The van der Waals surface area contributed by atoms with Gasteiger partial charge in [0.2, 0.25) is 5.91 Å². The van der Waals surface area contributed by atoms with E-state index in [9.17, 15) is 19.2 Å². The first-order valence-electron chi connectivity index (χ1n) is 9.03. The van der Waals surface area contributed by atoms with Crippen LogP contribution in [0.15, 0.2) is 41.0 Å². The van der Waals surface area contributed by atoms with Crippen LogP contribution in [0.2, 0.25) is 0 Å². The van der Waals surface area contributed by atoms with Crippen LogP contribution >= 0.6 is 0 Å². The quantitative estimate of drug-likeness (QED) is 0.708. The number of nitrogens with one attached hydrogen (secondary N) is 2. The van der Waals surface area contributed by atoms with Crippen molar-refractivity contribution in [1.29, 1.82) is 0 Å². The number of carbonyl (C=O) groups excluding carboxylic acids is 4. The summed E-state index contributed by atoms with van der Waals surface area (Å²) in [6.07, 6.45) is 2.26. The van der Waals surface area contributed by atoms with Gasteiger partial charge >= 0.3 is 0 Å². The summed E-state index contributed by atoms with van der Waals surface area (Å²) < 4.78 is 5.20. The van der Waals surface area contributed by atoms with E-state index < -0.39 is 23.8 Å². The summed E-state index contributed by atoms with van der Waals surface area (Å²) in [6, 6.07) is 6.92. The molecule has 8 nitrogen and oxygen atoms in total. The molecular formula is C20H21N3O5. The Labute approximate surface area is 161 Å². The first kappa shape index (κ1) is 19.3. The number of amides is 4. The van der Waals surface area contributed by atoms with Crippen LogP contribution in [0.25, 0.3) is 0 Å². The molecule has 28 heavy (non-hydrogen) atoms. The van der Waals surface area contributed by atoms with Gasteiger partial charge in [0.1, 0.15) is 11.8 Å². The average Bonchev–Trinajstić information content (AvgIpc) is 3.28. The van der Waals surface area contributed by atoms with Crippen LogP contribution in [0.4, 0.5) is 0 Å². The molecule has 1 aliphatic heterocycles. The topological polar surface area (TPSA) is 109 Å². The van der Waals surface area contributed by atoms with Crippen molar-refractivity contribution in [2.45, 2.75) is 32.9 Å². The number of rotatable bonds is 7. The molecule has 2 N–H and O–H groups in total. The molecule has 0 radical (unpaired) electrons. The number of carbonyl (C=O) groups is 4. The molecule has 146 valence electrons. The van der Waals surface area contributed by atoms with Crippen molar-refractivity contribution in [2.75, 3.05) is 6.54 Å². The Morgan fingerprint density at radius 3 is 2.57 bits per heavy atom. The highest BCUT2D eigenvalue weighted by molar-refractivity contribution is 6.22. The molecule has 2 aromatic rings. The SMILES string of the molecule is CCCNC(=O)C(C)NC(=O)c1ccc2c(c1)C(=O)N(Cc1ccco1)C2=O. The minimum absolute atomic E-state index is 0.0233. The van der Waals surface area contributed by atoms with Crippen LogP contribution in [0.5, 0.6) is 0 Å². The molecule has 0 saturated carbocycles. The Balaban J connectivity index is 1.73. The van der Waals surface area contributed by atoms with Gasteiger partial charge in [-0.2, -0.15) is 0 Å². The lowest BCUT2D eigenvalue weighted by molar-refractivity contribution is -0.122. The van der Waals surface area contributed by atoms with E-state index in [2.05, 4.69) is 10.6 Å². The number of benzene rings is 1. The van der Waals surface area contributed by atoms with E-state index in [1.165, 1.54) is 24.5 Å². The monoisotopic (exact) mass is 383 g/mol. The molecule has 0 aliphatic carbocycles. The lowest BCUT2D eigenvalue weighted by Crippen LogP contribution is -2.45. The van der Waals surface area contributed by atoms with Crippen LogP contribution < -0.4 is 10.6 Å². The molecule has 8 heteroatoms. The van der Waals surface area contributed by atoms with Crippen LogP contribution in [0, 0.1) is 0 Å². The largest absolute Gasteiger partial charge is 0.467 e. The van der Waals surface area contributed by atoms with E-state index in [-0.39, 0.29) is 29.1 Å². The third kappa shape index (κ3) is 3.80. The fourth-order valence-electron chi connectivity index (χ4n) is 2.88. The van der Waals surface area contributed by atoms with Crippen molar-refractivity contribution in [2.24, 2.45) is 0 Å². The highest BCUT2D eigenvalue weighted by Gasteiger charge is 2.36. The molecule has 3 rings (SSSR count). The van der Waals surface area contributed by atoms with Crippen molar-refractivity contribution in [3.63, 3.8) is 0 Å². The number of nitrogens with zero attached hydrogens (tertiary/aromatic N) is 1. The molecule has 0 fully saturated rings. The molecule has 1 aliphatic rings. The van der Waals surface area contributed by atoms with E-state index in [0.29, 0.717) is 12.3 Å². The van der Waals surface area contributed by atoms with E-state index in [4.69, 9.17) is 4.42 Å². The highest BCUT2D eigenvalue weighted by atomic mass is 16.3. The summed E-state index contributed by atoms with van der Waals surface area (Å²) in [4.78, 5) is 50.5. The molecule has 0 spiro atoms. The van der Waals surface area contributed by atoms with Crippen LogP contribution in [-0.2, 0) is 11.3 Å². The molecule has 2 heterocycles. The van der Waals surface area contributed by atoms with E-state index in [1.807, 2.05) is 6.92 Å². The second-order valence-corrected chi connectivity index (χ2v) is 6.52. The number of hydrogen-bond donors (Lipinski definition) is 2. The van der Waals surface area contributed by atoms with Crippen molar-refractivity contribution < 1.29 is 23.6 Å². The minimum Gasteiger partial charge on any atom is -0.467 e. The predicted molar refractivity (Wildman–Crippen MR) is 99.6 cm³/mol. The number of imide groups is 1. The Morgan fingerprint density at radius 2 is 1.89 bits per heavy atom. The summed E-state index contributed by atoms with van der Waals surface area (Å²) in [7, 11) is 0. The fraction of sp³-hybridized carbons (Fsp3) is 0.300. The Bertz CT molecular complexity index is 920. The summed E-state index contributed by atoms with van der Waals surface area (Å²) in [5.74, 6) is -1.21. The highest BCUT2D eigenvalue weighted by Crippen LogP contribution is 2.25. The molecule has 1 atom stereocenters. The van der Waals surface area contributed by atoms with Gasteiger partial charge in [-0.05, 0) is 43.7 Å². The van der Waals surface area contributed by atoms with Crippen LogP contribution in [-0.4, -0.2) is 41.1 Å². The summed E-state index contributed by atoms with van der Waals surface area (Å²) in [5.41, 5.74) is 0.601. The second-order valence-electron chi connectivity index (χ2n) is 6.52. The minimum atomic E-state index is -0.722. The zero-order valence-electron chi connectivity index (χ0n) is 15.7. The van der Waals surface area contributed by atoms with Gasteiger partial charge in [-0.15, -0.1) is 0 Å². The maximum atomic E-state index is 12.6. The first-order valence-corrected chi connectivity index (χ1v) is 9.03. The van der Waals surface area contributed by atoms with Gasteiger partial charge in [0, 0.05) is 12.1 Å². The maximum Gasteiger partial charge on any atom is 0.261 e. The van der Waals surface area contributed by atoms with E-state index in [1.54, 1.807) is 19.1 Å². The Kier molecular flexibility index (Phi) is 5.58. The molecule has 0 bridgehead atoms. The molecule has 0 saturated heterocycles. The zero-order valence-corrected chi connectivity index (χ0v) is 15.7. The third-order valence-electron chi connectivity index (χ3n) is 4.42. The van der Waals surface area contributed by atoms with Crippen LogP contribution in [0.3, 0.4) is 0 Å². The van der Waals surface area contributed by atoms with Crippen molar-refractivity contribution >= 4 is 23.6 Å². The zero-order chi connectivity index (χ0) is 20.3. The van der Waals surface area contributed by atoms with Crippen molar-refractivity contribution in [3.8, 4) is 0 Å². The van der Waals surface area contributed by atoms with Gasteiger partial charge in [0.15, 0.2) is 0 Å².